The normalized spacial score (nSPS) is 19.5. The smallest absolute Gasteiger partial charge is 0.410 e. The molecule has 0 saturated carbocycles. The van der Waals surface area contributed by atoms with Crippen LogP contribution in [0.2, 0.25) is 5.02 Å². The topological polar surface area (TPSA) is 41.6 Å². The number of hydrogen-bond acceptors (Lipinski definition) is 3. The SMILES string of the molecule is CC(C)(C)OC(=O)N1CCNCC1c1c(F)cccc1Cl. The van der Waals surface area contributed by atoms with Gasteiger partial charge in [-0.25, -0.2) is 9.18 Å². The van der Waals surface area contributed by atoms with Gasteiger partial charge in [0.15, 0.2) is 0 Å². The van der Waals surface area contributed by atoms with Gasteiger partial charge in [-0.3, -0.25) is 4.90 Å². The molecule has 1 aliphatic heterocycles. The molecule has 0 spiro atoms. The maximum atomic E-state index is 14.1. The van der Waals surface area contributed by atoms with E-state index >= 15 is 0 Å². The fraction of sp³-hybridized carbons (Fsp3) is 0.533. The molecule has 1 saturated heterocycles. The van der Waals surface area contributed by atoms with Crippen molar-refractivity contribution < 1.29 is 13.9 Å². The number of ether oxygens (including phenoxy) is 1. The van der Waals surface area contributed by atoms with Gasteiger partial charge < -0.3 is 10.1 Å². The number of piperazine rings is 1. The molecule has 2 rings (SSSR count). The summed E-state index contributed by atoms with van der Waals surface area (Å²) in [6, 6.07) is 4.06. The van der Waals surface area contributed by atoms with Crippen LogP contribution in [0.3, 0.4) is 0 Å². The summed E-state index contributed by atoms with van der Waals surface area (Å²) < 4.78 is 19.5. The molecule has 1 heterocycles. The third-order valence-corrected chi connectivity index (χ3v) is 3.53. The predicted molar refractivity (Wildman–Crippen MR) is 80.0 cm³/mol. The van der Waals surface area contributed by atoms with Gasteiger partial charge >= 0.3 is 6.09 Å². The third kappa shape index (κ3) is 3.86. The Morgan fingerprint density at radius 1 is 1.48 bits per heavy atom. The minimum atomic E-state index is -0.592. The summed E-state index contributed by atoms with van der Waals surface area (Å²) in [6.45, 7) is 6.94. The molecule has 4 nitrogen and oxygen atoms in total. The van der Waals surface area contributed by atoms with Crippen LogP contribution in [0.4, 0.5) is 9.18 Å². The van der Waals surface area contributed by atoms with Gasteiger partial charge in [0.25, 0.3) is 0 Å². The van der Waals surface area contributed by atoms with Crippen LogP contribution in [0.5, 0.6) is 0 Å². The van der Waals surface area contributed by atoms with Crippen LogP contribution in [-0.4, -0.2) is 36.2 Å². The van der Waals surface area contributed by atoms with Crippen molar-refractivity contribution in [3.8, 4) is 0 Å². The van der Waals surface area contributed by atoms with Crippen LogP contribution in [0, 0.1) is 5.82 Å². The lowest BCUT2D eigenvalue weighted by Gasteiger charge is -2.37. The zero-order chi connectivity index (χ0) is 15.6. The molecule has 1 unspecified atom stereocenters. The Morgan fingerprint density at radius 3 is 2.81 bits per heavy atom. The molecule has 1 atom stereocenters. The summed E-state index contributed by atoms with van der Waals surface area (Å²) >= 11 is 6.12. The highest BCUT2D eigenvalue weighted by atomic mass is 35.5. The number of nitrogens with zero attached hydrogens (tertiary/aromatic N) is 1. The Hall–Kier alpha value is -1.33. The number of rotatable bonds is 1. The number of carbonyl (C=O) groups is 1. The van der Waals surface area contributed by atoms with Crippen molar-refractivity contribution in [2.24, 2.45) is 0 Å². The molecule has 1 aromatic rings. The summed E-state index contributed by atoms with van der Waals surface area (Å²) in [5.41, 5.74) is -0.261. The van der Waals surface area contributed by atoms with Crippen molar-refractivity contribution in [2.45, 2.75) is 32.4 Å². The number of hydrogen-bond donors (Lipinski definition) is 1. The van der Waals surface area contributed by atoms with E-state index in [4.69, 9.17) is 16.3 Å². The summed E-state index contributed by atoms with van der Waals surface area (Å²) in [5.74, 6) is -0.412. The Labute approximate surface area is 129 Å². The first kappa shape index (κ1) is 16.0. The summed E-state index contributed by atoms with van der Waals surface area (Å²) in [5, 5.41) is 3.48. The van der Waals surface area contributed by atoms with Crippen LogP contribution >= 0.6 is 11.6 Å². The molecule has 1 aliphatic rings. The van der Waals surface area contributed by atoms with Crippen LogP contribution in [0.15, 0.2) is 18.2 Å². The highest BCUT2D eigenvalue weighted by Gasteiger charge is 2.33. The Kier molecular flexibility index (Phi) is 4.74. The molecule has 1 N–H and O–H groups in total. The predicted octanol–water partition coefficient (Wildman–Crippen LogP) is 3.36. The van der Waals surface area contributed by atoms with Crippen molar-refractivity contribution in [2.75, 3.05) is 19.6 Å². The number of nitrogens with one attached hydrogen (secondary N) is 1. The van der Waals surface area contributed by atoms with Crippen LogP contribution in [-0.2, 0) is 4.74 Å². The van der Waals surface area contributed by atoms with Crippen molar-refractivity contribution in [3.05, 3.63) is 34.6 Å². The van der Waals surface area contributed by atoms with Gasteiger partial charge in [-0.15, -0.1) is 0 Å². The summed E-state index contributed by atoms with van der Waals surface area (Å²) in [6.07, 6.45) is -0.451. The van der Waals surface area contributed by atoms with E-state index in [-0.39, 0.29) is 0 Å². The molecule has 1 amide bonds. The number of amides is 1. The van der Waals surface area contributed by atoms with Crippen LogP contribution in [0.1, 0.15) is 32.4 Å². The van der Waals surface area contributed by atoms with Crippen molar-refractivity contribution in [1.82, 2.24) is 10.2 Å². The van der Waals surface area contributed by atoms with Gasteiger partial charge in [-0.1, -0.05) is 17.7 Å². The summed E-state index contributed by atoms with van der Waals surface area (Å²) in [4.78, 5) is 13.9. The number of carbonyl (C=O) groups excluding carboxylic acids is 1. The fourth-order valence-electron chi connectivity index (χ4n) is 2.33. The largest absolute Gasteiger partial charge is 0.444 e. The lowest BCUT2D eigenvalue weighted by atomic mass is 10.0. The van der Waals surface area contributed by atoms with E-state index in [0.29, 0.717) is 30.2 Å². The standard InChI is InChI=1S/C15H20ClFN2O2/c1-15(2,3)21-14(20)19-8-7-18-9-12(19)13-10(16)5-4-6-11(13)17/h4-6,12,18H,7-9H2,1-3H3. The molecule has 0 aromatic heterocycles. The molecule has 1 aromatic carbocycles. The van der Waals surface area contributed by atoms with Gasteiger partial charge in [0.2, 0.25) is 0 Å². The molecular formula is C15H20ClFN2O2. The third-order valence-electron chi connectivity index (χ3n) is 3.20. The average Bonchev–Trinajstić information content (AvgIpc) is 2.37. The van der Waals surface area contributed by atoms with Gasteiger partial charge in [0, 0.05) is 30.2 Å². The molecule has 6 heteroatoms. The van der Waals surface area contributed by atoms with Crippen LogP contribution in [0.25, 0.3) is 0 Å². The molecule has 21 heavy (non-hydrogen) atoms. The molecular weight excluding hydrogens is 295 g/mol. The molecule has 0 bridgehead atoms. The van der Waals surface area contributed by atoms with Crippen LogP contribution < -0.4 is 5.32 Å². The fourth-order valence-corrected chi connectivity index (χ4v) is 2.62. The first-order valence-corrected chi connectivity index (χ1v) is 7.31. The first-order valence-electron chi connectivity index (χ1n) is 6.94. The molecule has 0 radical (unpaired) electrons. The van der Waals surface area contributed by atoms with E-state index in [1.807, 2.05) is 0 Å². The van der Waals surface area contributed by atoms with Gasteiger partial charge in [0.1, 0.15) is 11.4 Å². The van der Waals surface area contributed by atoms with E-state index < -0.39 is 23.6 Å². The van der Waals surface area contributed by atoms with E-state index in [1.165, 1.54) is 11.0 Å². The van der Waals surface area contributed by atoms with E-state index in [1.54, 1.807) is 32.9 Å². The van der Waals surface area contributed by atoms with Gasteiger partial charge in [-0.2, -0.15) is 0 Å². The zero-order valence-electron chi connectivity index (χ0n) is 12.5. The lowest BCUT2D eigenvalue weighted by Crippen LogP contribution is -2.50. The molecule has 116 valence electrons. The average molecular weight is 315 g/mol. The maximum absolute atomic E-state index is 14.1. The first-order chi connectivity index (χ1) is 9.79. The van der Waals surface area contributed by atoms with Crippen molar-refractivity contribution in [1.29, 1.82) is 0 Å². The second-order valence-corrected chi connectivity index (χ2v) is 6.44. The van der Waals surface area contributed by atoms with E-state index in [0.717, 1.165) is 0 Å². The molecule has 0 aliphatic carbocycles. The molecule has 1 fully saturated rings. The second kappa shape index (κ2) is 6.20. The Morgan fingerprint density at radius 2 is 2.19 bits per heavy atom. The monoisotopic (exact) mass is 314 g/mol. The number of halogens is 2. The lowest BCUT2D eigenvalue weighted by molar-refractivity contribution is 0.0115. The van der Waals surface area contributed by atoms with E-state index in [9.17, 15) is 9.18 Å². The number of benzene rings is 1. The highest BCUT2D eigenvalue weighted by molar-refractivity contribution is 6.31. The Balaban J connectivity index is 2.29. The second-order valence-electron chi connectivity index (χ2n) is 6.03. The van der Waals surface area contributed by atoms with Crippen molar-refractivity contribution in [3.63, 3.8) is 0 Å². The van der Waals surface area contributed by atoms with Gasteiger partial charge in [-0.05, 0) is 32.9 Å². The Bertz CT molecular complexity index is 511. The highest BCUT2D eigenvalue weighted by Crippen LogP contribution is 2.31. The quantitative estimate of drug-likeness (QED) is 0.864. The minimum Gasteiger partial charge on any atom is -0.444 e. The zero-order valence-corrected chi connectivity index (χ0v) is 13.2. The summed E-state index contributed by atoms with van der Waals surface area (Å²) in [7, 11) is 0. The minimum absolute atomic E-state index is 0.317. The van der Waals surface area contributed by atoms with Gasteiger partial charge in [0.05, 0.1) is 6.04 Å². The van der Waals surface area contributed by atoms with Crippen molar-refractivity contribution >= 4 is 17.7 Å². The van der Waals surface area contributed by atoms with E-state index in [2.05, 4.69) is 5.32 Å². The maximum Gasteiger partial charge on any atom is 0.410 e.